The van der Waals surface area contributed by atoms with Crippen LogP contribution in [0.2, 0.25) is 0 Å². The van der Waals surface area contributed by atoms with Crippen LogP contribution in [0.1, 0.15) is 11.5 Å². The minimum atomic E-state index is -0.493. The van der Waals surface area contributed by atoms with Crippen molar-refractivity contribution in [3.8, 4) is 5.69 Å². The van der Waals surface area contributed by atoms with Gasteiger partial charge in [-0.05, 0) is 31.2 Å². The first-order valence-electron chi connectivity index (χ1n) is 6.69. The van der Waals surface area contributed by atoms with Crippen molar-refractivity contribution in [3.63, 3.8) is 0 Å². The number of benzene rings is 1. The molecule has 106 valence electrons. The fourth-order valence-corrected chi connectivity index (χ4v) is 2.23. The van der Waals surface area contributed by atoms with Gasteiger partial charge in [0.1, 0.15) is 11.6 Å². The van der Waals surface area contributed by atoms with Crippen molar-refractivity contribution in [1.29, 1.82) is 0 Å². The van der Waals surface area contributed by atoms with E-state index in [0.717, 1.165) is 17.2 Å². The second-order valence-corrected chi connectivity index (χ2v) is 4.67. The zero-order valence-corrected chi connectivity index (χ0v) is 11.6. The average molecular weight is 282 g/mol. The number of rotatable bonds is 4. The predicted octanol–water partition coefficient (Wildman–Crippen LogP) is 3.33. The predicted molar refractivity (Wildman–Crippen MR) is 79.8 cm³/mol. The second kappa shape index (κ2) is 5.75. The zero-order chi connectivity index (χ0) is 14.7. The van der Waals surface area contributed by atoms with Crippen LogP contribution < -0.4 is 5.32 Å². The number of hydrogen-bond donors (Lipinski definition) is 1. The molecule has 0 unspecified atom stereocenters. The number of halogens is 1. The number of aryl methyl sites for hydroxylation is 1. The summed E-state index contributed by atoms with van der Waals surface area (Å²) in [6.45, 7) is 2.48. The van der Waals surface area contributed by atoms with E-state index in [1.807, 2.05) is 43.5 Å². The van der Waals surface area contributed by atoms with E-state index < -0.39 is 5.95 Å². The lowest BCUT2D eigenvalue weighted by molar-refractivity contribution is 0.585. The summed E-state index contributed by atoms with van der Waals surface area (Å²) in [7, 11) is 0. The lowest BCUT2D eigenvalue weighted by Gasteiger charge is -2.11. The third kappa shape index (κ3) is 2.91. The van der Waals surface area contributed by atoms with Crippen molar-refractivity contribution in [3.05, 3.63) is 72.2 Å². The van der Waals surface area contributed by atoms with Crippen LogP contribution in [0, 0.1) is 12.9 Å². The summed E-state index contributed by atoms with van der Waals surface area (Å²) >= 11 is 0. The summed E-state index contributed by atoms with van der Waals surface area (Å²) in [5.41, 5.74) is 2.04. The largest absolute Gasteiger partial charge is 0.364 e. The van der Waals surface area contributed by atoms with Crippen molar-refractivity contribution >= 4 is 5.82 Å². The summed E-state index contributed by atoms with van der Waals surface area (Å²) in [5, 5.41) is 3.11. The fraction of sp³-hybridized carbons (Fsp3) is 0.125. The number of imidazole rings is 1. The van der Waals surface area contributed by atoms with Crippen molar-refractivity contribution in [2.75, 3.05) is 5.32 Å². The SMILES string of the molecule is Cc1ncc(CNc2cccc(F)n2)n1-c1ccccc1. The van der Waals surface area contributed by atoms with Gasteiger partial charge in [0.05, 0.1) is 18.4 Å². The first kappa shape index (κ1) is 13.3. The van der Waals surface area contributed by atoms with Gasteiger partial charge in [-0.1, -0.05) is 24.3 Å². The van der Waals surface area contributed by atoms with Crippen LogP contribution in [0.15, 0.2) is 54.7 Å². The van der Waals surface area contributed by atoms with Crippen LogP contribution in [0.4, 0.5) is 10.2 Å². The van der Waals surface area contributed by atoms with Gasteiger partial charge in [-0.2, -0.15) is 4.39 Å². The summed E-state index contributed by atoms with van der Waals surface area (Å²) in [4.78, 5) is 8.14. The van der Waals surface area contributed by atoms with Crippen LogP contribution in [-0.4, -0.2) is 14.5 Å². The van der Waals surface area contributed by atoms with Crippen molar-refractivity contribution in [2.45, 2.75) is 13.5 Å². The smallest absolute Gasteiger partial charge is 0.214 e. The van der Waals surface area contributed by atoms with E-state index in [0.29, 0.717) is 12.4 Å². The van der Waals surface area contributed by atoms with Crippen LogP contribution in [0.25, 0.3) is 5.69 Å². The van der Waals surface area contributed by atoms with Crippen molar-refractivity contribution in [2.24, 2.45) is 0 Å². The molecule has 0 fully saturated rings. The highest BCUT2D eigenvalue weighted by Crippen LogP contribution is 2.15. The number of nitrogens with one attached hydrogen (secondary N) is 1. The van der Waals surface area contributed by atoms with Gasteiger partial charge in [-0.25, -0.2) is 9.97 Å². The Hall–Kier alpha value is -2.69. The standard InChI is InChI=1S/C16H15FN4/c1-12-18-10-14(21(12)13-6-3-2-4-7-13)11-19-16-9-5-8-15(17)20-16/h2-10H,11H2,1H3,(H,19,20). The molecule has 0 radical (unpaired) electrons. The lowest BCUT2D eigenvalue weighted by Crippen LogP contribution is -2.08. The third-order valence-corrected chi connectivity index (χ3v) is 3.19. The van der Waals surface area contributed by atoms with E-state index in [-0.39, 0.29) is 0 Å². The Morgan fingerprint density at radius 2 is 1.90 bits per heavy atom. The highest BCUT2D eigenvalue weighted by atomic mass is 19.1. The molecule has 0 aliphatic heterocycles. The van der Waals surface area contributed by atoms with E-state index in [2.05, 4.69) is 19.9 Å². The average Bonchev–Trinajstić information content (AvgIpc) is 2.87. The molecule has 0 spiro atoms. The number of pyridine rings is 1. The fourth-order valence-electron chi connectivity index (χ4n) is 2.23. The third-order valence-electron chi connectivity index (χ3n) is 3.19. The van der Waals surface area contributed by atoms with Gasteiger partial charge in [0.15, 0.2) is 0 Å². The maximum Gasteiger partial charge on any atom is 0.214 e. The molecule has 4 nitrogen and oxygen atoms in total. The first-order valence-corrected chi connectivity index (χ1v) is 6.69. The normalized spacial score (nSPS) is 10.6. The molecule has 3 aromatic rings. The Labute approximate surface area is 122 Å². The van der Waals surface area contributed by atoms with E-state index in [1.54, 1.807) is 12.1 Å². The molecule has 0 amide bonds. The second-order valence-electron chi connectivity index (χ2n) is 4.67. The molecule has 2 heterocycles. The molecular formula is C16H15FN4. The Bertz CT molecular complexity index is 737. The van der Waals surface area contributed by atoms with E-state index in [9.17, 15) is 4.39 Å². The topological polar surface area (TPSA) is 42.7 Å². The first-order chi connectivity index (χ1) is 10.2. The van der Waals surface area contributed by atoms with Crippen molar-refractivity contribution in [1.82, 2.24) is 14.5 Å². The Morgan fingerprint density at radius 1 is 1.10 bits per heavy atom. The van der Waals surface area contributed by atoms with Crippen LogP contribution in [-0.2, 0) is 6.54 Å². The van der Waals surface area contributed by atoms with Gasteiger partial charge >= 0.3 is 0 Å². The molecule has 5 heteroatoms. The molecule has 0 aliphatic carbocycles. The zero-order valence-electron chi connectivity index (χ0n) is 11.6. The highest BCUT2D eigenvalue weighted by Gasteiger charge is 2.08. The quantitative estimate of drug-likeness (QED) is 0.746. The molecule has 3 rings (SSSR count). The van der Waals surface area contributed by atoms with Crippen LogP contribution in [0.3, 0.4) is 0 Å². The van der Waals surface area contributed by atoms with Crippen LogP contribution in [0.5, 0.6) is 0 Å². The van der Waals surface area contributed by atoms with Gasteiger partial charge in [-0.3, -0.25) is 4.57 Å². The Balaban J connectivity index is 1.84. The number of nitrogens with zero attached hydrogens (tertiary/aromatic N) is 3. The van der Waals surface area contributed by atoms with Crippen LogP contribution >= 0.6 is 0 Å². The summed E-state index contributed by atoms with van der Waals surface area (Å²) < 4.78 is 15.1. The lowest BCUT2D eigenvalue weighted by atomic mass is 10.3. The molecule has 0 saturated heterocycles. The summed E-state index contributed by atoms with van der Waals surface area (Å²) in [6.07, 6.45) is 1.81. The molecule has 1 N–H and O–H groups in total. The van der Waals surface area contributed by atoms with E-state index in [1.165, 1.54) is 6.07 Å². The molecule has 0 atom stereocenters. The molecule has 2 aromatic heterocycles. The Morgan fingerprint density at radius 3 is 2.67 bits per heavy atom. The summed E-state index contributed by atoms with van der Waals surface area (Å²) in [5.74, 6) is 0.923. The minimum Gasteiger partial charge on any atom is -0.364 e. The maximum atomic E-state index is 13.1. The molecule has 1 aromatic carbocycles. The van der Waals surface area contributed by atoms with Gasteiger partial charge < -0.3 is 5.32 Å². The van der Waals surface area contributed by atoms with Gasteiger partial charge in [0, 0.05) is 5.69 Å². The number of para-hydroxylation sites is 1. The van der Waals surface area contributed by atoms with Crippen molar-refractivity contribution < 1.29 is 4.39 Å². The number of aromatic nitrogens is 3. The summed E-state index contributed by atoms with van der Waals surface area (Å²) in [6, 6.07) is 14.7. The van der Waals surface area contributed by atoms with Gasteiger partial charge in [-0.15, -0.1) is 0 Å². The Kier molecular flexibility index (Phi) is 3.64. The van der Waals surface area contributed by atoms with E-state index in [4.69, 9.17) is 0 Å². The maximum absolute atomic E-state index is 13.1. The van der Waals surface area contributed by atoms with E-state index >= 15 is 0 Å². The number of hydrogen-bond acceptors (Lipinski definition) is 3. The molecule has 0 aliphatic rings. The van der Waals surface area contributed by atoms with Gasteiger partial charge in [0.2, 0.25) is 5.95 Å². The van der Waals surface area contributed by atoms with Gasteiger partial charge in [0.25, 0.3) is 0 Å². The molecule has 21 heavy (non-hydrogen) atoms. The molecule has 0 saturated carbocycles. The number of anilines is 1. The molecule has 0 bridgehead atoms. The minimum absolute atomic E-state index is 0.493. The monoisotopic (exact) mass is 282 g/mol. The highest BCUT2D eigenvalue weighted by molar-refractivity contribution is 5.38. The molecular weight excluding hydrogens is 267 g/mol.